The number of oxime groups is 1. The van der Waals surface area contributed by atoms with Crippen LogP contribution in [-0.4, -0.2) is 32.5 Å². The van der Waals surface area contributed by atoms with Crippen molar-refractivity contribution in [3.05, 3.63) is 47.2 Å². The predicted molar refractivity (Wildman–Crippen MR) is 99.3 cm³/mol. The summed E-state index contributed by atoms with van der Waals surface area (Å²) in [6, 6.07) is 7.07. The highest BCUT2D eigenvalue weighted by Crippen LogP contribution is 2.27. The van der Waals surface area contributed by atoms with Gasteiger partial charge in [-0.2, -0.15) is 0 Å². The number of hydrogen-bond acceptors (Lipinski definition) is 8. The molecular weight excluding hydrogens is 350 g/mol. The molecule has 3 rings (SSSR count). The number of aromatic nitrogens is 4. The highest BCUT2D eigenvalue weighted by molar-refractivity contribution is 7.17. The molecule has 0 saturated heterocycles. The number of ether oxygens (including phenoxy) is 1. The topological polar surface area (TPSA) is 82.4 Å². The third kappa shape index (κ3) is 4.20. The zero-order valence-electron chi connectivity index (χ0n) is 14.2. The molecule has 0 spiro atoms. The average Bonchev–Trinajstić information content (AvgIpc) is 3.08. The van der Waals surface area contributed by atoms with E-state index in [2.05, 4.69) is 31.2 Å². The quantitative estimate of drug-likeness (QED) is 0.379. The fourth-order valence-electron chi connectivity index (χ4n) is 2.05. The van der Waals surface area contributed by atoms with Crippen molar-refractivity contribution in [1.29, 1.82) is 0 Å². The molecule has 26 heavy (non-hydrogen) atoms. The number of thiazole rings is 1. The van der Waals surface area contributed by atoms with Gasteiger partial charge in [-0.1, -0.05) is 11.1 Å². The van der Waals surface area contributed by atoms with Gasteiger partial charge in [-0.05, 0) is 26.0 Å². The summed E-state index contributed by atoms with van der Waals surface area (Å²) in [4.78, 5) is 15.0. The van der Waals surface area contributed by atoms with E-state index in [1.54, 1.807) is 24.5 Å². The lowest BCUT2D eigenvalue weighted by Gasteiger charge is -2.01. The predicted octanol–water partition coefficient (Wildman–Crippen LogP) is 3.12. The van der Waals surface area contributed by atoms with E-state index >= 15 is 0 Å². The van der Waals surface area contributed by atoms with Gasteiger partial charge in [0.2, 0.25) is 5.88 Å². The van der Waals surface area contributed by atoms with E-state index in [4.69, 9.17) is 16.0 Å². The fraction of sp³-hybridized carbons (Fsp3) is 0.167. The Labute approximate surface area is 154 Å². The van der Waals surface area contributed by atoms with Crippen LogP contribution in [0.15, 0.2) is 41.8 Å². The van der Waals surface area contributed by atoms with Gasteiger partial charge < -0.3 is 9.57 Å². The Kier molecular flexibility index (Phi) is 5.51. The highest BCUT2D eigenvalue weighted by Gasteiger charge is 2.12. The molecule has 0 aliphatic heterocycles. The minimum Gasteiger partial charge on any atom is -0.463 e. The first-order valence-corrected chi connectivity index (χ1v) is 8.49. The number of rotatable bonds is 6. The summed E-state index contributed by atoms with van der Waals surface area (Å²) in [5, 5.41) is 12.7. The first-order valence-electron chi connectivity index (χ1n) is 7.67. The number of terminal acetylenes is 1. The third-order valence-electron chi connectivity index (χ3n) is 3.23. The van der Waals surface area contributed by atoms with Gasteiger partial charge in [-0.25, -0.2) is 4.98 Å². The van der Waals surface area contributed by atoms with Crippen molar-refractivity contribution in [3.63, 3.8) is 0 Å². The molecule has 0 saturated carbocycles. The van der Waals surface area contributed by atoms with Crippen LogP contribution in [0.2, 0.25) is 0 Å². The Bertz CT molecular complexity index is 946. The SMILES string of the molecule is C#CCOc1ccc(O/N=C(\C)c2sc(-c3cccnc3)nc2C)nn1. The van der Waals surface area contributed by atoms with E-state index in [1.165, 1.54) is 11.3 Å². The van der Waals surface area contributed by atoms with Gasteiger partial charge in [0.1, 0.15) is 5.01 Å². The maximum Gasteiger partial charge on any atom is 0.267 e. The first kappa shape index (κ1) is 17.5. The van der Waals surface area contributed by atoms with Gasteiger partial charge in [0.15, 0.2) is 6.61 Å². The van der Waals surface area contributed by atoms with Gasteiger partial charge in [0.25, 0.3) is 5.88 Å². The van der Waals surface area contributed by atoms with E-state index in [0.717, 1.165) is 21.1 Å². The van der Waals surface area contributed by atoms with Crippen molar-refractivity contribution in [3.8, 4) is 34.7 Å². The number of pyridine rings is 1. The number of nitrogens with zero attached hydrogens (tertiary/aromatic N) is 5. The van der Waals surface area contributed by atoms with E-state index in [9.17, 15) is 0 Å². The van der Waals surface area contributed by atoms with Crippen LogP contribution in [0.1, 0.15) is 17.5 Å². The van der Waals surface area contributed by atoms with Crippen molar-refractivity contribution in [2.24, 2.45) is 5.16 Å². The van der Waals surface area contributed by atoms with Crippen LogP contribution >= 0.6 is 11.3 Å². The molecule has 3 heterocycles. The summed E-state index contributed by atoms with van der Waals surface area (Å²) in [6.07, 6.45) is 8.63. The van der Waals surface area contributed by atoms with Crippen molar-refractivity contribution in [2.45, 2.75) is 13.8 Å². The Hall–Kier alpha value is -3.31. The summed E-state index contributed by atoms with van der Waals surface area (Å²) in [5.41, 5.74) is 2.54. The van der Waals surface area contributed by atoms with Gasteiger partial charge in [0.05, 0.1) is 16.3 Å². The minimum absolute atomic E-state index is 0.135. The molecule has 0 aromatic carbocycles. The second kappa shape index (κ2) is 8.18. The molecule has 0 unspecified atom stereocenters. The summed E-state index contributed by atoms with van der Waals surface area (Å²) >= 11 is 1.53. The second-order valence-electron chi connectivity index (χ2n) is 5.15. The zero-order valence-corrected chi connectivity index (χ0v) is 15.0. The lowest BCUT2D eigenvalue weighted by molar-refractivity contribution is 0.312. The smallest absolute Gasteiger partial charge is 0.267 e. The van der Waals surface area contributed by atoms with Crippen LogP contribution in [0.5, 0.6) is 11.8 Å². The van der Waals surface area contributed by atoms with Crippen molar-refractivity contribution < 1.29 is 9.57 Å². The monoisotopic (exact) mass is 365 g/mol. The van der Waals surface area contributed by atoms with E-state index in [0.29, 0.717) is 11.6 Å². The van der Waals surface area contributed by atoms with Crippen LogP contribution in [0, 0.1) is 19.3 Å². The minimum atomic E-state index is 0.135. The summed E-state index contributed by atoms with van der Waals surface area (Å²) in [7, 11) is 0. The van der Waals surface area contributed by atoms with Crippen LogP contribution in [-0.2, 0) is 0 Å². The maximum atomic E-state index is 5.34. The summed E-state index contributed by atoms with van der Waals surface area (Å²) in [6.45, 7) is 3.92. The highest BCUT2D eigenvalue weighted by atomic mass is 32.1. The molecule has 0 radical (unpaired) electrons. The zero-order chi connectivity index (χ0) is 18.4. The van der Waals surface area contributed by atoms with Crippen LogP contribution in [0.25, 0.3) is 10.6 Å². The van der Waals surface area contributed by atoms with Crippen molar-refractivity contribution in [1.82, 2.24) is 20.2 Å². The summed E-state index contributed by atoms with van der Waals surface area (Å²) < 4.78 is 5.15. The molecule has 0 amide bonds. The second-order valence-corrected chi connectivity index (χ2v) is 6.14. The molecule has 0 fully saturated rings. The lowest BCUT2D eigenvalue weighted by atomic mass is 10.3. The molecule has 130 valence electrons. The fourth-order valence-corrected chi connectivity index (χ4v) is 3.04. The Morgan fingerprint density at radius 3 is 2.77 bits per heavy atom. The Morgan fingerprint density at radius 2 is 2.08 bits per heavy atom. The van der Waals surface area contributed by atoms with Crippen molar-refractivity contribution >= 4 is 17.0 Å². The van der Waals surface area contributed by atoms with E-state index < -0.39 is 0 Å². The lowest BCUT2D eigenvalue weighted by Crippen LogP contribution is -2.00. The molecule has 0 aliphatic rings. The molecule has 0 bridgehead atoms. The standard InChI is InChI=1S/C18H15N5O2S/c1-4-10-24-15-7-8-16(22-21-15)25-23-13(3)17-12(2)20-18(26-17)14-6-5-9-19-11-14/h1,5-9,11H,10H2,2-3H3/b23-13+. The molecule has 8 heteroatoms. The maximum absolute atomic E-state index is 5.34. The largest absolute Gasteiger partial charge is 0.463 e. The number of hydrogen-bond donors (Lipinski definition) is 0. The van der Waals surface area contributed by atoms with Gasteiger partial charge in [-0.15, -0.1) is 28.0 Å². The molecule has 0 N–H and O–H groups in total. The van der Waals surface area contributed by atoms with Crippen LogP contribution in [0.4, 0.5) is 0 Å². The Balaban J connectivity index is 1.72. The van der Waals surface area contributed by atoms with Gasteiger partial charge >= 0.3 is 0 Å². The molecule has 3 aromatic rings. The van der Waals surface area contributed by atoms with E-state index in [-0.39, 0.29) is 12.5 Å². The van der Waals surface area contributed by atoms with Gasteiger partial charge in [0, 0.05) is 30.1 Å². The average molecular weight is 365 g/mol. The molecule has 0 atom stereocenters. The molecular formula is C18H15N5O2S. The van der Waals surface area contributed by atoms with Crippen LogP contribution < -0.4 is 9.57 Å². The molecule has 7 nitrogen and oxygen atoms in total. The summed E-state index contributed by atoms with van der Waals surface area (Å²) in [5.74, 6) is 2.94. The van der Waals surface area contributed by atoms with E-state index in [1.807, 2.05) is 26.0 Å². The molecule has 0 aliphatic carbocycles. The Morgan fingerprint density at radius 1 is 1.27 bits per heavy atom. The number of aryl methyl sites for hydroxylation is 1. The van der Waals surface area contributed by atoms with Gasteiger partial charge in [-0.3, -0.25) is 4.98 Å². The molecule has 3 aromatic heterocycles. The van der Waals surface area contributed by atoms with Crippen LogP contribution in [0.3, 0.4) is 0 Å². The first-order chi connectivity index (χ1) is 12.7. The van der Waals surface area contributed by atoms with Crippen molar-refractivity contribution in [2.75, 3.05) is 6.61 Å². The normalized spacial score (nSPS) is 11.0. The third-order valence-corrected chi connectivity index (χ3v) is 4.54.